The van der Waals surface area contributed by atoms with E-state index in [0.29, 0.717) is 25.9 Å². The Morgan fingerprint density at radius 1 is 0.964 bits per heavy atom. The van der Waals surface area contributed by atoms with Gasteiger partial charge in [0.2, 0.25) is 17.7 Å². The Morgan fingerprint density at radius 2 is 1.54 bits per heavy atom. The van der Waals surface area contributed by atoms with Crippen LogP contribution in [0.2, 0.25) is 0 Å². The van der Waals surface area contributed by atoms with E-state index in [9.17, 15) is 14.4 Å². The smallest absolute Gasteiger partial charge is 0.245 e. The van der Waals surface area contributed by atoms with Crippen molar-refractivity contribution >= 4 is 17.7 Å². The molecule has 6 heteroatoms. The molecular formula is C22H27N3O3. The van der Waals surface area contributed by atoms with Crippen LogP contribution in [0.15, 0.2) is 42.5 Å². The molecule has 3 atom stereocenters. The van der Waals surface area contributed by atoms with Gasteiger partial charge in [0.15, 0.2) is 0 Å². The van der Waals surface area contributed by atoms with Gasteiger partial charge in [-0.05, 0) is 25.3 Å². The number of allylic oxidation sites excluding steroid dienone is 2. The molecule has 1 aliphatic carbocycles. The third kappa shape index (κ3) is 3.49. The first kappa shape index (κ1) is 18.9. The van der Waals surface area contributed by atoms with E-state index < -0.39 is 6.04 Å². The van der Waals surface area contributed by atoms with Gasteiger partial charge in [0.25, 0.3) is 0 Å². The van der Waals surface area contributed by atoms with E-state index in [4.69, 9.17) is 0 Å². The third-order valence-electron chi connectivity index (χ3n) is 6.22. The third-order valence-corrected chi connectivity index (χ3v) is 6.22. The molecule has 28 heavy (non-hydrogen) atoms. The highest BCUT2D eigenvalue weighted by atomic mass is 16.2. The van der Waals surface area contributed by atoms with Gasteiger partial charge in [-0.1, -0.05) is 42.5 Å². The number of amides is 3. The van der Waals surface area contributed by atoms with Crippen LogP contribution >= 0.6 is 0 Å². The number of rotatable bonds is 4. The Bertz CT molecular complexity index is 757. The standard InChI is InChI=1S/C22H27N3O3/c1-16(25-21(27)18-9-5-6-10-19(18)22(25)28)20(26)24-13-11-23(12-14-24)15-17-7-3-2-4-8-17/h2-8,16,18-19H,9-15H2,1H3. The molecule has 0 bridgehead atoms. The van der Waals surface area contributed by atoms with E-state index in [2.05, 4.69) is 17.0 Å². The van der Waals surface area contributed by atoms with Crippen molar-refractivity contribution in [2.24, 2.45) is 11.8 Å². The summed E-state index contributed by atoms with van der Waals surface area (Å²) in [5.41, 5.74) is 1.26. The van der Waals surface area contributed by atoms with Gasteiger partial charge >= 0.3 is 0 Å². The van der Waals surface area contributed by atoms with Crippen LogP contribution in [0, 0.1) is 11.8 Å². The lowest BCUT2D eigenvalue weighted by Crippen LogP contribution is -2.55. The molecule has 148 valence electrons. The average Bonchev–Trinajstić information content (AvgIpc) is 2.99. The molecule has 0 saturated carbocycles. The van der Waals surface area contributed by atoms with E-state index in [-0.39, 0.29) is 29.6 Å². The number of benzene rings is 1. The number of imide groups is 1. The maximum Gasteiger partial charge on any atom is 0.245 e. The molecule has 4 rings (SSSR count). The van der Waals surface area contributed by atoms with Crippen LogP contribution < -0.4 is 0 Å². The number of piperazine rings is 1. The van der Waals surface area contributed by atoms with Crippen LogP contribution in [0.1, 0.15) is 25.3 Å². The molecule has 2 heterocycles. The molecule has 3 aliphatic rings. The summed E-state index contributed by atoms with van der Waals surface area (Å²) >= 11 is 0. The number of hydrogen-bond donors (Lipinski definition) is 0. The van der Waals surface area contributed by atoms with Crippen molar-refractivity contribution in [3.05, 3.63) is 48.0 Å². The summed E-state index contributed by atoms with van der Waals surface area (Å²) in [6, 6.07) is 9.58. The minimum absolute atomic E-state index is 0.118. The Labute approximate surface area is 165 Å². The van der Waals surface area contributed by atoms with Crippen molar-refractivity contribution in [2.45, 2.75) is 32.4 Å². The van der Waals surface area contributed by atoms with Crippen molar-refractivity contribution in [1.29, 1.82) is 0 Å². The summed E-state index contributed by atoms with van der Waals surface area (Å²) in [6.45, 7) is 5.41. The predicted octanol–water partition coefficient (Wildman–Crippen LogP) is 1.67. The quantitative estimate of drug-likeness (QED) is 0.588. The van der Waals surface area contributed by atoms with E-state index in [1.54, 1.807) is 11.8 Å². The maximum absolute atomic E-state index is 13.0. The number of likely N-dealkylation sites (tertiary alicyclic amines) is 1. The van der Waals surface area contributed by atoms with E-state index in [1.165, 1.54) is 10.5 Å². The highest BCUT2D eigenvalue weighted by molar-refractivity contribution is 6.08. The molecule has 1 aromatic rings. The predicted molar refractivity (Wildman–Crippen MR) is 105 cm³/mol. The number of carbonyl (C=O) groups excluding carboxylic acids is 3. The topological polar surface area (TPSA) is 60.9 Å². The van der Waals surface area contributed by atoms with E-state index in [0.717, 1.165) is 19.6 Å². The molecule has 3 amide bonds. The second-order valence-corrected chi connectivity index (χ2v) is 7.97. The summed E-state index contributed by atoms with van der Waals surface area (Å²) in [6.07, 6.45) is 5.14. The molecule has 0 N–H and O–H groups in total. The first-order valence-corrected chi connectivity index (χ1v) is 10.1. The van der Waals surface area contributed by atoms with Crippen LogP contribution in [-0.2, 0) is 20.9 Å². The van der Waals surface area contributed by atoms with Crippen LogP contribution in [0.4, 0.5) is 0 Å². The molecule has 2 fully saturated rings. The monoisotopic (exact) mass is 381 g/mol. The molecular weight excluding hydrogens is 354 g/mol. The van der Waals surface area contributed by atoms with Gasteiger partial charge in [0.05, 0.1) is 11.8 Å². The van der Waals surface area contributed by atoms with Gasteiger partial charge in [0.1, 0.15) is 6.04 Å². The summed E-state index contributed by atoms with van der Waals surface area (Å²) in [7, 11) is 0. The Balaban J connectivity index is 1.35. The molecule has 0 radical (unpaired) electrons. The number of hydrogen-bond acceptors (Lipinski definition) is 4. The largest absolute Gasteiger partial charge is 0.338 e. The summed E-state index contributed by atoms with van der Waals surface area (Å²) in [4.78, 5) is 43.8. The second kappa shape index (κ2) is 7.87. The van der Waals surface area contributed by atoms with Gasteiger partial charge in [-0.25, -0.2) is 0 Å². The van der Waals surface area contributed by atoms with E-state index >= 15 is 0 Å². The summed E-state index contributed by atoms with van der Waals surface area (Å²) < 4.78 is 0. The summed E-state index contributed by atoms with van der Waals surface area (Å²) in [5.74, 6) is -1.04. The fourth-order valence-electron chi connectivity index (χ4n) is 4.55. The Morgan fingerprint density at radius 3 is 2.11 bits per heavy atom. The Kier molecular flexibility index (Phi) is 5.31. The van der Waals surface area contributed by atoms with Crippen LogP contribution in [0.3, 0.4) is 0 Å². The first-order chi connectivity index (χ1) is 13.6. The fraction of sp³-hybridized carbons (Fsp3) is 0.500. The van der Waals surface area contributed by atoms with Crippen molar-refractivity contribution in [3.63, 3.8) is 0 Å². The fourth-order valence-corrected chi connectivity index (χ4v) is 4.55. The normalized spacial score (nSPS) is 26.5. The molecule has 0 spiro atoms. The average molecular weight is 381 g/mol. The zero-order chi connectivity index (χ0) is 19.7. The van der Waals surface area contributed by atoms with Crippen molar-refractivity contribution in [2.75, 3.05) is 26.2 Å². The number of carbonyl (C=O) groups is 3. The van der Waals surface area contributed by atoms with E-state index in [1.807, 2.05) is 30.4 Å². The minimum Gasteiger partial charge on any atom is -0.338 e. The minimum atomic E-state index is -0.716. The molecule has 2 saturated heterocycles. The maximum atomic E-state index is 13.0. The van der Waals surface area contributed by atoms with Gasteiger partial charge in [-0.3, -0.25) is 24.2 Å². The van der Waals surface area contributed by atoms with Crippen LogP contribution in [0.25, 0.3) is 0 Å². The molecule has 2 aliphatic heterocycles. The second-order valence-electron chi connectivity index (χ2n) is 7.97. The summed E-state index contributed by atoms with van der Waals surface area (Å²) in [5, 5.41) is 0. The zero-order valence-electron chi connectivity index (χ0n) is 16.3. The van der Waals surface area contributed by atoms with Gasteiger partial charge < -0.3 is 4.90 Å². The van der Waals surface area contributed by atoms with Crippen molar-refractivity contribution < 1.29 is 14.4 Å². The molecule has 6 nitrogen and oxygen atoms in total. The number of fused-ring (bicyclic) bond motifs is 1. The lowest BCUT2D eigenvalue weighted by Gasteiger charge is -2.37. The van der Waals surface area contributed by atoms with Gasteiger partial charge in [-0.2, -0.15) is 0 Å². The van der Waals surface area contributed by atoms with Crippen molar-refractivity contribution in [1.82, 2.24) is 14.7 Å². The highest BCUT2D eigenvalue weighted by Gasteiger charge is 2.50. The molecule has 0 aromatic heterocycles. The van der Waals surface area contributed by atoms with Crippen LogP contribution in [-0.4, -0.2) is 64.6 Å². The lowest BCUT2D eigenvalue weighted by molar-refractivity contribution is -0.151. The van der Waals surface area contributed by atoms with Gasteiger partial charge in [-0.15, -0.1) is 0 Å². The SMILES string of the molecule is CC(C(=O)N1CCN(Cc2ccccc2)CC1)N1C(=O)C2CC=CCC2C1=O. The highest BCUT2D eigenvalue weighted by Crippen LogP contribution is 2.36. The first-order valence-electron chi connectivity index (χ1n) is 10.1. The number of nitrogens with zero attached hydrogens (tertiary/aromatic N) is 3. The van der Waals surface area contributed by atoms with Gasteiger partial charge in [0, 0.05) is 32.7 Å². The lowest BCUT2D eigenvalue weighted by atomic mass is 9.85. The molecule has 3 unspecified atom stereocenters. The zero-order valence-corrected chi connectivity index (χ0v) is 16.3. The molecule has 1 aromatic carbocycles. The van der Waals surface area contributed by atoms with Crippen LogP contribution in [0.5, 0.6) is 0 Å². The Hall–Kier alpha value is -2.47. The van der Waals surface area contributed by atoms with Crippen molar-refractivity contribution in [3.8, 4) is 0 Å².